The maximum atomic E-state index is 10.3. The van der Waals surface area contributed by atoms with Gasteiger partial charge in [0, 0.05) is 32.7 Å². The van der Waals surface area contributed by atoms with Gasteiger partial charge in [-0.15, -0.1) is 0 Å². The van der Waals surface area contributed by atoms with Crippen LogP contribution in [0.5, 0.6) is 5.75 Å². The Kier molecular flexibility index (Phi) is 6.10. The molecular weight excluding hydrogens is 276 g/mol. The Balaban J connectivity index is 1.89. The highest BCUT2D eigenvalue weighted by atomic mass is 35.5. The van der Waals surface area contributed by atoms with Gasteiger partial charge in [0.15, 0.2) is 0 Å². The van der Waals surface area contributed by atoms with E-state index in [0.717, 1.165) is 44.0 Å². The van der Waals surface area contributed by atoms with Crippen molar-refractivity contribution in [2.45, 2.75) is 19.4 Å². The van der Waals surface area contributed by atoms with E-state index in [1.807, 2.05) is 19.1 Å². The van der Waals surface area contributed by atoms with E-state index in [1.165, 1.54) is 0 Å². The fourth-order valence-electron chi connectivity index (χ4n) is 2.43. The van der Waals surface area contributed by atoms with Crippen LogP contribution in [0.4, 0.5) is 0 Å². The number of nitrogens with one attached hydrogen (secondary N) is 1. The molecular formula is C15H23ClN2O2. The fourth-order valence-corrected chi connectivity index (χ4v) is 2.73. The lowest BCUT2D eigenvalue weighted by Gasteiger charge is -2.28. The van der Waals surface area contributed by atoms with Crippen molar-refractivity contribution in [1.82, 2.24) is 10.2 Å². The monoisotopic (exact) mass is 298 g/mol. The normalized spacial score (nSPS) is 17.9. The molecule has 0 radical (unpaired) electrons. The summed E-state index contributed by atoms with van der Waals surface area (Å²) in [5, 5.41) is 14.2. The van der Waals surface area contributed by atoms with E-state index in [2.05, 4.69) is 10.2 Å². The standard InChI is InChI=1S/C15H23ClN2O2/c1-2-20-12-3-4-13(14(16)11-12)15(19)5-8-18-9-6-17-7-10-18/h3-4,11,15,17,19H,2,5-10H2,1H3. The molecule has 2 N–H and O–H groups in total. The molecule has 112 valence electrons. The zero-order valence-corrected chi connectivity index (χ0v) is 12.7. The van der Waals surface area contributed by atoms with E-state index in [9.17, 15) is 5.11 Å². The molecule has 1 aliphatic heterocycles. The summed E-state index contributed by atoms with van der Waals surface area (Å²) in [6.07, 6.45) is 0.182. The maximum absolute atomic E-state index is 10.3. The third-order valence-electron chi connectivity index (χ3n) is 3.57. The second-order valence-electron chi connectivity index (χ2n) is 5.01. The molecule has 1 saturated heterocycles. The Morgan fingerprint density at radius 2 is 2.15 bits per heavy atom. The number of ether oxygens (including phenoxy) is 1. The smallest absolute Gasteiger partial charge is 0.120 e. The largest absolute Gasteiger partial charge is 0.494 e. The first-order valence-corrected chi connectivity index (χ1v) is 7.62. The number of aliphatic hydroxyl groups is 1. The van der Waals surface area contributed by atoms with Gasteiger partial charge in [0.25, 0.3) is 0 Å². The molecule has 0 aliphatic carbocycles. The molecule has 1 unspecified atom stereocenters. The highest BCUT2D eigenvalue weighted by molar-refractivity contribution is 6.31. The van der Waals surface area contributed by atoms with E-state index in [0.29, 0.717) is 18.1 Å². The van der Waals surface area contributed by atoms with Gasteiger partial charge in [-0.1, -0.05) is 17.7 Å². The summed E-state index contributed by atoms with van der Waals surface area (Å²) in [7, 11) is 0. The van der Waals surface area contributed by atoms with Gasteiger partial charge >= 0.3 is 0 Å². The lowest BCUT2D eigenvalue weighted by molar-refractivity contribution is 0.136. The van der Waals surface area contributed by atoms with E-state index in [4.69, 9.17) is 16.3 Å². The molecule has 1 fully saturated rings. The first-order chi connectivity index (χ1) is 9.70. The Hall–Kier alpha value is -0.810. The Morgan fingerprint density at radius 1 is 1.40 bits per heavy atom. The Bertz CT molecular complexity index is 422. The fraction of sp³-hybridized carbons (Fsp3) is 0.600. The van der Waals surface area contributed by atoms with Crippen molar-refractivity contribution >= 4 is 11.6 Å². The highest BCUT2D eigenvalue weighted by Crippen LogP contribution is 2.29. The molecule has 2 rings (SSSR count). The van der Waals surface area contributed by atoms with Crippen molar-refractivity contribution in [1.29, 1.82) is 0 Å². The Morgan fingerprint density at radius 3 is 2.80 bits per heavy atom. The van der Waals surface area contributed by atoms with Gasteiger partial charge < -0.3 is 20.1 Å². The zero-order valence-electron chi connectivity index (χ0n) is 11.9. The topological polar surface area (TPSA) is 44.7 Å². The molecule has 20 heavy (non-hydrogen) atoms. The summed E-state index contributed by atoms with van der Waals surface area (Å²) in [5.41, 5.74) is 0.783. The van der Waals surface area contributed by atoms with Gasteiger partial charge in [0.05, 0.1) is 17.7 Å². The average Bonchev–Trinajstić information content (AvgIpc) is 2.46. The van der Waals surface area contributed by atoms with Crippen LogP contribution in [-0.2, 0) is 0 Å². The predicted molar refractivity (Wildman–Crippen MR) is 81.5 cm³/mol. The lowest BCUT2D eigenvalue weighted by Crippen LogP contribution is -2.44. The van der Waals surface area contributed by atoms with Crippen molar-refractivity contribution in [3.05, 3.63) is 28.8 Å². The molecule has 1 atom stereocenters. The van der Waals surface area contributed by atoms with E-state index < -0.39 is 6.10 Å². The van der Waals surface area contributed by atoms with Crippen molar-refractivity contribution in [3.63, 3.8) is 0 Å². The third kappa shape index (κ3) is 4.35. The van der Waals surface area contributed by atoms with Gasteiger partial charge in [0.1, 0.15) is 5.75 Å². The van der Waals surface area contributed by atoms with Crippen molar-refractivity contribution in [2.24, 2.45) is 0 Å². The molecule has 0 aromatic heterocycles. The molecule has 0 bridgehead atoms. The van der Waals surface area contributed by atoms with Crippen LogP contribution < -0.4 is 10.1 Å². The SMILES string of the molecule is CCOc1ccc(C(O)CCN2CCNCC2)c(Cl)c1. The minimum absolute atomic E-state index is 0.520. The molecule has 1 heterocycles. The van der Waals surface area contributed by atoms with Gasteiger partial charge in [-0.25, -0.2) is 0 Å². The van der Waals surface area contributed by atoms with Crippen LogP contribution in [0.15, 0.2) is 18.2 Å². The maximum Gasteiger partial charge on any atom is 0.120 e. The van der Waals surface area contributed by atoms with Crippen LogP contribution in [0.1, 0.15) is 25.0 Å². The number of halogens is 1. The van der Waals surface area contributed by atoms with Crippen LogP contribution in [0.2, 0.25) is 5.02 Å². The molecule has 4 nitrogen and oxygen atoms in total. The van der Waals surface area contributed by atoms with Crippen molar-refractivity contribution in [3.8, 4) is 5.75 Å². The summed E-state index contributed by atoms with van der Waals surface area (Å²) in [5.74, 6) is 0.746. The van der Waals surface area contributed by atoms with E-state index in [1.54, 1.807) is 6.07 Å². The van der Waals surface area contributed by atoms with Gasteiger partial charge in [-0.05, 0) is 31.0 Å². The number of nitrogens with zero attached hydrogens (tertiary/aromatic N) is 1. The molecule has 5 heteroatoms. The van der Waals surface area contributed by atoms with Crippen LogP contribution in [0.25, 0.3) is 0 Å². The summed E-state index contributed by atoms with van der Waals surface area (Å²) in [6.45, 7) is 7.59. The van der Waals surface area contributed by atoms with Crippen molar-refractivity contribution < 1.29 is 9.84 Å². The second kappa shape index (κ2) is 7.84. The molecule has 1 aromatic carbocycles. The third-order valence-corrected chi connectivity index (χ3v) is 3.90. The number of hydrogen-bond acceptors (Lipinski definition) is 4. The minimum atomic E-state index is -0.520. The van der Waals surface area contributed by atoms with Crippen LogP contribution >= 0.6 is 11.6 Å². The summed E-state index contributed by atoms with van der Waals surface area (Å²) < 4.78 is 5.40. The molecule has 0 amide bonds. The van der Waals surface area contributed by atoms with Gasteiger partial charge in [-0.3, -0.25) is 0 Å². The number of aliphatic hydroxyl groups excluding tert-OH is 1. The quantitative estimate of drug-likeness (QED) is 0.844. The summed E-state index contributed by atoms with van der Waals surface area (Å²) in [6, 6.07) is 5.49. The van der Waals surface area contributed by atoms with Crippen LogP contribution in [0, 0.1) is 0 Å². The first kappa shape index (κ1) is 15.6. The van der Waals surface area contributed by atoms with E-state index >= 15 is 0 Å². The highest BCUT2D eigenvalue weighted by Gasteiger charge is 2.15. The summed E-state index contributed by atoms with van der Waals surface area (Å²) in [4.78, 5) is 2.36. The average molecular weight is 299 g/mol. The number of piperazine rings is 1. The molecule has 1 aliphatic rings. The van der Waals surface area contributed by atoms with Crippen LogP contribution in [-0.4, -0.2) is 49.3 Å². The van der Waals surface area contributed by atoms with Gasteiger partial charge in [0.2, 0.25) is 0 Å². The summed E-state index contributed by atoms with van der Waals surface area (Å²) >= 11 is 6.22. The second-order valence-corrected chi connectivity index (χ2v) is 5.42. The first-order valence-electron chi connectivity index (χ1n) is 7.24. The number of benzene rings is 1. The lowest BCUT2D eigenvalue weighted by atomic mass is 10.1. The van der Waals surface area contributed by atoms with Crippen LogP contribution in [0.3, 0.4) is 0 Å². The Labute approximate surface area is 125 Å². The molecule has 0 saturated carbocycles. The van der Waals surface area contributed by atoms with Gasteiger partial charge in [-0.2, -0.15) is 0 Å². The predicted octanol–water partition coefficient (Wildman–Crippen LogP) is 2.07. The zero-order chi connectivity index (χ0) is 14.4. The molecule has 1 aromatic rings. The molecule has 0 spiro atoms. The number of rotatable bonds is 6. The van der Waals surface area contributed by atoms with E-state index in [-0.39, 0.29) is 0 Å². The van der Waals surface area contributed by atoms with Crippen molar-refractivity contribution in [2.75, 3.05) is 39.3 Å². The minimum Gasteiger partial charge on any atom is -0.494 e. The number of hydrogen-bond donors (Lipinski definition) is 2.